The van der Waals surface area contributed by atoms with Gasteiger partial charge in [-0.1, -0.05) is 23.2 Å². The summed E-state index contributed by atoms with van der Waals surface area (Å²) in [5.74, 6) is -0.990. The first-order chi connectivity index (χ1) is 6.02. The molecule has 3 nitrogen and oxygen atoms in total. The number of carboxylic acids is 1. The van der Waals surface area contributed by atoms with Gasteiger partial charge in [0, 0.05) is 10.6 Å². The topological polar surface area (TPSA) is 63.3 Å². The third-order valence-electron chi connectivity index (χ3n) is 1.57. The molecule has 0 saturated carbocycles. The van der Waals surface area contributed by atoms with Gasteiger partial charge < -0.3 is 10.8 Å². The molecule has 0 unspecified atom stereocenters. The first-order valence-electron chi connectivity index (χ1n) is 3.46. The molecule has 1 rings (SSSR count). The molecular formula is C8H7Cl2NO2. The van der Waals surface area contributed by atoms with Gasteiger partial charge in [0.25, 0.3) is 0 Å². The van der Waals surface area contributed by atoms with Gasteiger partial charge in [-0.05, 0) is 12.1 Å². The summed E-state index contributed by atoms with van der Waals surface area (Å²) in [6.07, 6.45) is -0.217. The molecule has 0 aliphatic heterocycles. The monoisotopic (exact) mass is 219 g/mol. The van der Waals surface area contributed by atoms with Gasteiger partial charge >= 0.3 is 5.97 Å². The largest absolute Gasteiger partial charge is 0.481 e. The van der Waals surface area contributed by atoms with Crippen LogP contribution in [0.25, 0.3) is 0 Å². The molecular weight excluding hydrogens is 213 g/mol. The van der Waals surface area contributed by atoms with E-state index in [4.69, 9.17) is 34.0 Å². The van der Waals surface area contributed by atoms with Crippen molar-refractivity contribution in [2.24, 2.45) is 0 Å². The summed E-state index contributed by atoms with van der Waals surface area (Å²) in [4.78, 5) is 10.4. The van der Waals surface area contributed by atoms with E-state index in [1.54, 1.807) is 0 Å². The number of aliphatic carboxylic acids is 1. The summed E-state index contributed by atoms with van der Waals surface area (Å²) in [6.45, 7) is 0. The Balaban J connectivity index is 3.17. The summed E-state index contributed by atoms with van der Waals surface area (Å²) in [6, 6.07) is 3.06. The van der Waals surface area contributed by atoms with Crippen molar-refractivity contribution >= 4 is 34.9 Å². The van der Waals surface area contributed by atoms with Crippen LogP contribution in [0.5, 0.6) is 0 Å². The molecule has 0 spiro atoms. The first-order valence-corrected chi connectivity index (χ1v) is 4.22. The number of carboxylic acid groups (broad SMARTS) is 1. The van der Waals surface area contributed by atoms with Crippen LogP contribution in [0.4, 0.5) is 5.69 Å². The number of rotatable bonds is 2. The Morgan fingerprint density at radius 3 is 2.46 bits per heavy atom. The number of nitrogens with two attached hydrogens (primary N) is 1. The fourth-order valence-electron chi connectivity index (χ4n) is 0.940. The van der Waals surface area contributed by atoms with Gasteiger partial charge in [0.05, 0.1) is 17.1 Å². The molecule has 1 aromatic carbocycles. The van der Waals surface area contributed by atoms with Crippen molar-refractivity contribution in [1.82, 2.24) is 0 Å². The minimum Gasteiger partial charge on any atom is -0.481 e. The number of hydrogen-bond donors (Lipinski definition) is 2. The van der Waals surface area contributed by atoms with Crippen LogP contribution in [-0.4, -0.2) is 11.1 Å². The molecule has 0 aromatic heterocycles. The van der Waals surface area contributed by atoms with Crippen molar-refractivity contribution in [3.8, 4) is 0 Å². The number of hydrogen-bond acceptors (Lipinski definition) is 2. The Morgan fingerprint density at radius 1 is 1.38 bits per heavy atom. The van der Waals surface area contributed by atoms with E-state index >= 15 is 0 Å². The molecule has 0 heterocycles. The van der Waals surface area contributed by atoms with Crippen LogP contribution in [0.15, 0.2) is 12.1 Å². The third-order valence-corrected chi connectivity index (χ3v) is 2.26. The van der Waals surface area contributed by atoms with Gasteiger partial charge in [-0.2, -0.15) is 0 Å². The number of carbonyl (C=O) groups is 1. The lowest BCUT2D eigenvalue weighted by Gasteiger charge is -2.06. The summed E-state index contributed by atoms with van der Waals surface area (Å²) < 4.78 is 0. The average molecular weight is 220 g/mol. The van der Waals surface area contributed by atoms with E-state index < -0.39 is 5.97 Å². The van der Waals surface area contributed by atoms with Crippen LogP contribution < -0.4 is 5.73 Å². The SMILES string of the molecule is Nc1c(Cl)ccc(Cl)c1CC(=O)O. The molecule has 3 N–H and O–H groups in total. The lowest BCUT2D eigenvalue weighted by Crippen LogP contribution is -2.04. The van der Waals surface area contributed by atoms with E-state index in [-0.39, 0.29) is 12.1 Å². The molecule has 0 fully saturated rings. The predicted molar refractivity (Wildman–Crippen MR) is 52.2 cm³/mol. The average Bonchev–Trinajstić information content (AvgIpc) is 2.05. The zero-order valence-electron chi connectivity index (χ0n) is 6.55. The van der Waals surface area contributed by atoms with Crippen molar-refractivity contribution in [3.63, 3.8) is 0 Å². The van der Waals surface area contributed by atoms with Crippen LogP contribution in [0.2, 0.25) is 10.0 Å². The maximum atomic E-state index is 10.4. The standard InChI is InChI=1S/C8H7Cl2NO2/c9-5-1-2-6(10)8(11)4(5)3-7(12)13/h1-2H,3,11H2,(H,12,13). The van der Waals surface area contributed by atoms with Crippen LogP contribution in [-0.2, 0) is 11.2 Å². The lowest BCUT2D eigenvalue weighted by molar-refractivity contribution is -0.136. The first kappa shape index (κ1) is 10.2. The Morgan fingerprint density at radius 2 is 1.92 bits per heavy atom. The quantitative estimate of drug-likeness (QED) is 0.751. The summed E-state index contributed by atoms with van der Waals surface area (Å²) in [7, 11) is 0. The van der Waals surface area contributed by atoms with Crippen LogP contribution >= 0.6 is 23.2 Å². The molecule has 5 heteroatoms. The highest BCUT2D eigenvalue weighted by atomic mass is 35.5. The lowest BCUT2D eigenvalue weighted by atomic mass is 10.1. The summed E-state index contributed by atoms with van der Waals surface area (Å²) in [5.41, 5.74) is 6.15. The van der Waals surface area contributed by atoms with E-state index in [9.17, 15) is 4.79 Å². The molecule has 70 valence electrons. The summed E-state index contributed by atoms with van der Waals surface area (Å²) in [5, 5.41) is 9.19. The molecule has 0 atom stereocenters. The second kappa shape index (κ2) is 3.85. The zero-order chi connectivity index (χ0) is 10.0. The Bertz CT molecular complexity index is 352. The van der Waals surface area contributed by atoms with Crippen molar-refractivity contribution < 1.29 is 9.90 Å². The maximum Gasteiger partial charge on any atom is 0.307 e. The second-order valence-electron chi connectivity index (χ2n) is 2.49. The molecule has 0 saturated heterocycles. The molecule has 1 aromatic rings. The van der Waals surface area contributed by atoms with E-state index in [0.29, 0.717) is 15.6 Å². The van der Waals surface area contributed by atoms with Gasteiger partial charge in [0.2, 0.25) is 0 Å². The van der Waals surface area contributed by atoms with Crippen molar-refractivity contribution in [2.75, 3.05) is 5.73 Å². The van der Waals surface area contributed by atoms with Gasteiger partial charge in [-0.15, -0.1) is 0 Å². The van der Waals surface area contributed by atoms with E-state index in [0.717, 1.165) is 0 Å². The van der Waals surface area contributed by atoms with Crippen molar-refractivity contribution in [3.05, 3.63) is 27.7 Å². The Kier molecular flexibility index (Phi) is 3.01. The fourth-order valence-corrected chi connectivity index (χ4v) is 1.35. The van der Waals surface area contributed by atoms with Crippen LogP contribution in [0, 0.1) is 0 Å². The number of nitrogen functional groups attached to an aromatic ring is 1. The summed E-state index contributed by atoms with van der Waals surface area (Å²) >= 11 is 11.4. The highest BCUT2D eigenvalue weighted by molar-refractivity contribution is 6.36. The van der Waals surface area contributed by atoms with Gasteiger partial charge in [0.15, 0.2) is 0 Å². The van der Waals surface area contributed by atoms with E-state index in [1.807, 2.05) is 0 Å². The molecule has 13 heavy (non-hydrogen) atoms. The Hall–Kier alpha value is -0.930. The van der Waals surface area contributed by atoms with Crippen LogP contribution in [0.1, 0.15) is 5.56 Å². The van der Waals surface area contributed by atoms with Crippen molar-refractivity contribution in [1.29, 1.82) is 0 Å². The van der Waals surface area contributed by atoms with Crippen molar-refractivity contribution in [2.45, 2.75) is 6.42 Å². The van der Waals surface area contributed by atoms with E-state index in [2.05, 4.69) is 0 Å². The highest BCUT2D eigenvalue weighted by Crippen LogP contribution is 2.29. The van der Waals surface area contributed by atoms with E-state index in [1.165, 1.54) is 12.1 Å². The van der Waals surface area contributed by atoms with Gasteiger partial charge in [0.1, 0.15) is 0 Å². The molecule has 0 aliphatic carbocycles. The smallest absolute Gasteiger partial charge is 0.307 e. The minimum atomic E-state index is -0.990. The fraction of sp³-hybridized carbons (Fsp3) is 0.125. The zero-order valence-corrected chi connectivity index (χ0v) is 8.06. The normalized spacial score (nSPS) is 10.0. The molecule has 0 radical (unpaired) electrons. The minimum absolute atomic E-state index is 0.217. The molecule has 0 aliphatic rings. The predicted octanol–water partition coefficient (Wildman–Crippen LogP) is 2.20. The second-order valence-corrected chi connectivity index (χ2v) is 3.31. The molecule has 0 bridgehead atoms. The number of benzene rings is 1. The van der Waals surface area contributed by atoms with Gasteiger partial charge in [-0.25, -0.2) is 0 Å². The third kappa shape index (κ3) is 2.26. The Labute approximate surface area is 85.1 Å². The maximum absolute atomic E-state index is 10.4. The number of halogens is 2. The number of anilines is 1. The van der Waals surface area contributed by atoms with Crippen LogP contribution in [0.3, 0.4) is 0 Å². The highest BCUT2D eigenvalue weighted by Gasteiger charge is 2.11. The molecule has 0 amide bonds. The van der Waals surface area contributed by atoms with Gasteiger partial charge in [-0.3, -0.25) is 4.79 Å².